The summed E-state index contributed by atoms with van der Waals surface area (Å²) in [6, 6.07) is 1.80. The summed E-state index contributed by atoms with van der Waals surface area (Å²) in [4.78, 5) is 25.8. The number of anilines is 1. The Morgan fingerprint density at radius 3 is 2.52 bits per heavy atom. The minimum atomic E-state index is -4.51. The predicted octanol–water partition coefficient (Wildman–Crippen LogP) is 1.03. The Kier molecular flexibility index (Phi) is 6.91. The first-order valence-electron chi connectivity index (χ1n) is 8.80. The van der Waals surface area contributed by atoms with E-state index in [-0.39, 0.29) is 17.1 Å². The smallest absolute Gasteiger partial charge is 0.346 e. The molecule has 1 heterocycles. The van der Waals surface area contributed by atoms with Gasteiger partial charge in [-0.3, -0.25) is 14.5 Å². The fraction of sp³-hybridized carbons (Fsp3) is 0.529. The lowest BCUT2D eigenvalue weighted by molar-refractivity contribution is -0.141. The van der Waals surface area contributed by atoms with E-state index in [4.69, 9.17) is 5.14 Å². The zero-order valence-corrected chi connectivity index (χ0v) is 16.8. The van der Waals surface area contributed by atoms with Crippen molar-refractivity contribution in [1.29, 1.82) is 0 Å². The highest BCUT2D eigenvalue weighted by Crippen LogP contribution is 2.24. The number of hydrogen-bond donors (Lipinski definition) is 3. The maximum absolute atomic E-state index is 12.4. The van der Waals surface area contributed by atoms with Crippen LogP contribution >= 0.6 is 0 Å². The van der Waals surface area contributed by atoms with Crippen molar-refractivity contribution >= 4 is 27.5 Å². The zero-order valence-electron chi connectivity index (χ0n) is 16.0. The fourth-order valence-corrected chi connectivity index (χ4v) is 3.74. The molecule has 1 aliphatic heterocycles. The molecular weight excluding hydrogens is 413 g/mol. The molecule has 0 aromatic heterocycles. The van der Waals surface area contributed by atoms with E-state index in [2.05, 4.69) is 5.32 Å². The molecule has 8 nitrogen and oxygen atoms in total. The van der Waals surface area contributed by atoms with E-state index in [1.807, 2.05) is 5.32 Å². The molecule has 1 aromatic carbocycles. The second-order valence-corrected chi connectivity index (χ2v) is 8.53. The molecule has 0 radical (unpaired) electrons. The van der Waals surface area contributed by atoms with E-state index >= 15 is 0 Å². The van der Waals surface area contributed by atoms with Crippen molar-refractivity contribution < 1.29 is 31.2 Å². The van der Waals surface area contributed by atoms with E-state index < -0.39 is 40.6 Å². The van der Waals surface area contributed by atoms with Gasteiger partial charge in [-0.05, 0) is 56.5 Å². The Morgan fingerprint density at radius 1 is 1.28 bits per heavy atom. The summed E-state index contributed by atoms with van der Waals surface area (Å²) in [5.41, 5.74) is 1.51. The maximum atomic E-state index is 12.4. The van der Waals surface area contributed by atoms with Crippen LogP contribution < -0.4 is 15.8 Å². The predicted molar refractivity (Wildman–Crippen MR) is 99.6 cm³/mol. The topological polar surface area (TPSA) is 122 Å². The van der Waals surface area contributed by atoms with E-state index in [0.29, 0.717) is 30.5 Å². The number of aryl methyl sites for hydroxylation is 1. The van der Waals surface area contributed by atoms with Crippen LogP contribution in [0, 0.1) is 13.8 Å². The number of nitrogens with zero attached hydrogens (tertiary/aromatic N) is 1. The number of halogens is 3. The number of carbonyl (C=O) groups is 2. The number of nitrogens with two attached hydrogens (primary N) is 1. The third-order valence-corrected chi connectivity index (χ3v) is 5.61. The van der Waals surface area contributed by atoms with E-state index in [1.165, 1.54) is 17.0 Å². The summed E-state index contributed by atoms with van der Waals surface area (Å²) >= 11 is 0. The minimum Gasteiger partial charge on any atom is -0.346 e. The highest BCUT2D eigenvalue weighted by molar-refractivity contribution is 7.89. The summed E-state index contributed by atoms with van der Waals surface area (Å²) in [5, 5.41) is 9.58. The molecule has 2 amide bonds. The lowest BCUT2D eigenvalue weighted by atomic mass is 10.1. The second kappa shape index (κ2) is 8.67. The van der Waals surface area contributed by atoms with E-state index in [1.54, 1.807) is 13.8 Å². The van der Waals surface area contributed by atoms with Crippen LogP contribution in [0.1, 0.15) is 24.0 Å². The Hall–Kier alpha value is -2.18. The lowest BCUT2D eigenvalue weighted by Crippen LogP contribution is -2.47. The van der Waals surface area contributed by atoms with Crippen molar-refractivity contribution in [3.63, 3.8) is 0 Å². The normalized spacial score (nSPS) is 17.9. The fourth-order valence-electron chi connectivity index (χ4n) is 3.11. The van der Waals surface area contributed by atoms with Gasteiger partial charge in [-0.2, -0.15) is 13.2 Å². The van der Waals surface area contributed by atoms with E-state index in [0.717, 1.165) is 0 Å². The minimum absolute atomic E-state index is 0.151. The molecule has 1 aromatic rings. The van der Waals surface area contributed by atoms with Crippen LogP contribution in [-0.2, 0) is 19.6 Å². The zero-order chi connectivity index (χ0) is 22.0. The third kappa shape index (κ3) is 6.41. The molecule has 4 N–H and O–H groups in total. The van der Waals surface area contributed by atoms with Crippen molar-refractivity contribution in [3.8, 4) is 0 Å². The van der Waals surface area contributed by atoms with Crippen LogP contribution in [0.2, 0.25) is 0 Å². The molecule has 1 fully saturated rings. The molecule has 1 aliphatic rings. The summed E-state index contributed by atoms with van der Waals surface area (Å²) in [5.74, 6) is -1.30. The molecule has 1 saturated heterocycles. The monoisotopic (exact) mass is 436 g/mol. The number of nitrogens with one attached hydrogen (secondary N) is 2. The average Bonchev–Trinajstić information content (AvgIpc) is 3.03. The number of benzene rings is 1. The highest BCUT2D eigenvalue weighted by atomic mass is 32.2. The van der Waals surface area contributed by atoms with Gasteiger partial charge in [0.1, 0.15) is 6.54 Å². The molecule has 29 heavy (non-hydrogen) atoms. The first-order chi connectivity index (χ1) is 13.3. The van der Waals surface area contributed by atoms with Crippen LogP contribution in [0.25, 0.3) is 0 Å². The van der Waals surface area contributed by atoms with Crippen molar-refractivity contribution in [2.24, 2.45) is 5.14 Å². The van der Waals surface area contributed by atoms with Crippen molar-refractivity contribution in [3.05, 3.63) is 23.3 Å². The van der Waals surface area contributed by atoms with Crippen LogP contribution in [0.15, 0.2) is 17.0 Å². The molecule has 12 heteroatoms. The van der Waals surface area contributed by atoms with Gasteiger partial charge in [0.15, 0.2) is 0 Å². The number of amides is 2. The van der Waals surface area contributed by atoms with Gasteiger partial charge in [0.05, 0.1) is 17.5 Å². The quantitative estimate of drug-likeness (QED) is 0.615. The van der Waals surface area contributed by atoms with Gasteiger partial charge >= 0.3 is 6.18 Å². The molecule has 1 atom stereocenters. The highest BCUT2D eigenvalue weighted by Gasteiger charge is 2.34. The number of carbonyl (C=O) groups excluding carboxylic acids is 2. The molecule has 162 valence electrons. The Balaban J connectivity index is 2.07. The summed E-state index contributed by atoms with van der Waals surface area (Å²) in [6.45, 7) is 2.10. The first-order valence-corrected chi connectivity index (χ1v) is 10.3. The molecule has 0 aliphatic carbocycles. The van der Waals surface area contributed by atoms with Gasteiger partial charge in [-0.25, -0.2) is 13.6 Å². The Bertz CT molecular complexity index is 903. The van der Waals surface area contributed by atoms with E-state index in [9.17, 15) is 31.2 Å². The van der Waals surface area contributed by atoms with Gasteiger partial charge in [0, 0.05) is 5.69 Å². The van der Waals surface area contributed by atoms with Gasteiger partial charge < -0.3 is 10.6 Å². The van der Waals surface area contributed by atoms with Crippen LogP contribution in [0.3, 0.4) is 0 Å². The molecule has 2 rings (SSSR count). The largest absolute Gasteiger partial charge is 0.405 e. The van der Waals surface area contributed by atoms with Gasteiger partial charge in [0.25, 0.3) is 0 Å². The lowest BCUT2D eigenvalue weighted by Gasteiger charge is -2.23. The van der Waals surface area contributed by atoms with Crippen molar-refractivity contribution in [2.45, 2.75) is 43.8 Å². The number of hydrogen-bond acceptors (Lipinski definition) is 5. The molecule has 0 spiro atoms. The number of likely N-dealkylation sites (tertiary alicyclic amines) is 1. The SMILES string of the molecule is Cc1cc(S(N)(=O)=O)cc(NC(=O)CN2CCCC2C(=O)NCC(F)(F)F)c1C. The van der Waals surface area contributed by atoms with Gasteiger partial charge in [-0.15, -0.1) is 0 Å². The molecule has 1 unspecified atom stereocenters. The van der Waals surface area contributed by atoms with Crippen molar-refractivity contribution in [1.82, 2.24) is 10.2 Å². The Labute approximate surface area is 166 Å². The summed E-state index contributed by atoms with van der Waals surface area (Å²) in [7, 11) is -3.97. The number of primary sulfonamides is 1. The molecule has 0 saturated carbocycles. The Morgan fingerprint density at radius 2 is 1.93 bits per heavy atom. The first kappa shape index (κ1) is 23.1. The van der Waals surface area contributed by atoms with Crippen LogP contribution in [-0.4, -0.2) is 57.0 Å². The van der Waals surface area contributed by atoms with Gasteiger partial charge in [0.2, 0.25) is 21.8 Å². The average molecular weight is 436 g/mol. The standard InChI is InChI=1S/C17H23F3N4O4S/c1-10-6-12(29(21,27)28)7-13(11(10)2)23-15(25)8-24-5-3-4-14(24)16(26)22-9-17(18,19)20/h6-7,14H,3-5,8-9H2,1-2H3,(H,22,26)(H,23,25)(H2,21,27,28). The summed E-state index contributed by atoms with van der Waals surface area (Å²) in [6.07, 6.45) is -3.60. The third-order valence-electron chi connectivity index (χ3n) is 4.72. The second-order valence-electron chi connectivity index (χ2n) is 6.97. The number of rotatable bonds is 6. The maximum Gasteiger partial charge on any atom is 0.405 e. The van der Waals surface area contributed by atoms with Crippen molar-refractivity contribution in [2.75, 3.05) is 25.0 Å². The number of sulfonamides is 1. The van der Waals surface area contributed by atoms with Gasteiger partial charge in [-0.1, -0.05) is 0 Å². The number of alkyl halides is 3. The van der Waals surface area contributed by atoms with Crippen LogP contribution in [0.5, 0.6) is 0 Å². The molecule has 0 bridgehead atoms. The van der Waals surface area contributed by atoms with Crippen LogP contribution in [0.4, 0.5) is 18.9 Å². The molecular formula is C17H23F3N4O4S. The summed E-state index contributed by atoms with van der Waals surface area (Å²) < 4.78 is 60.1.